The van der Waals surface area contributed by atoms with Crippen molar-refractivity contribution >= 4 is 21.7 Å². The van der Waals surface area contributed by atoms with Gasteiger partial charge in [-0.1, -0.05) is 78.4 Å². The van der Waals surface area contributed by atoms with Crippen molar-refractivity contribution < 1.29 is 20.1 Å². The Bertz CT molecular complexity index is 2710. The van der Waals surface area contributed by atoms with E-state index in [9.17, 15) is 0 Å². The van der Waals surface area contributed by atoms with Crippen LogP contribution in [-0.4, -0.2) is 15.0 Å². The maximum Gasteiger partial charge on any atom is 0.0714 e. The monoisotopic (exact) mass is 886 g/mol. The summed E-state index contributed by atoms with van der Waals surface area (Å²) in [4.78, 5) is 13.7. The average Bonchev–Trinajstić information content (AvgIpc) is 3.23. The summed E-state index contributed by atoms with van der Waals surface area (Å²) in [5, 5.41) is 3.62. The molecular formula is C51H39IrN3-2. The van der Waals surface area contributed by atoms with Gasteiger partial charge in [0.2, 0.25) is 0 Å². The van der Waals surface area contributed by atoms with Gasteiger partial charge in [0, 0.05) is 44.1 Å². The van der Waals surface area contributed by atoms with Crippen molar-refractivity contribution in [1.82, 2.24) is 15.0 Å². The number of fused-ring (bicyclic) bond motifs is 3. The van der Waals surface area contributed by atoms with Gasteiger partial charge in [-0.3, -0.25) is 4.98 Å². The van der Waals surface area contributed by atoms with Crippen molar-refractivity contribution in [1.29, 1.82) is 0 Å². The summed E-state index contributed by atoms with van der Waals surface area (Å²) in [6.07, 6.45) is 5.62. The summed E-state index contributed by atoms with van der Waals surface area (Å²) in [5.74, 6) is 0. The first kappa shape index (κ1) is 37.3. The van der Waals surface area contributed by atoms with E-state index in [1.807, 2.05) is 67.0 Å². The van der Waals surface area contributed by atoms with E-state index in [0.29, 0.717) is 0 Å². The molecule has 9 aromatic rings. The zero-order valence-corrected chi connectivity index (χ0v) is 33.7. The van der Waals surface area contributed by atoms with E-state index in [-0.39, 0.29) is 20.1 Å². The minimum Gasteiger partial charge on any atom is -0.305 e. The van der Waals surface area contributed by atoms with E-state index in [0.717, 1.165) is 33.6 Å². The van der Waals surface area contributed by atoms with Crippen molar-refractivity contribution in [2.75, 3.05) is 0 Å². The Labute approximate surface area is 337 Å². The van der Waals surface area contributed by atoms with Gasteiger partial charge >= 0.3 is 0 Å². The van der Waals surface area contributed by atoms with Crippen LogP contribution in [0.2, 0.25) is 0 Å². The van der Waals surface area contributed by atoms with Crippen LogP contribution in [0, 0.1) is 39.8 Å². The molecule has 0 atom stereocenters. The van der Waals surface area contributed by atoms with E-state index in [1.165, 1.54) is 66.2 Å². The number of rotatable bonds is 5. The molecule has 55 heavy (non-hydrogen) atoms. The summed E-state index contributed by atoms with van der Waals surface area (Å²) in [6, 6.07) is 57.3. The molecule has 1 radical (unpaired) electrons. The molecule has 0 saturated carbocycles. The van der Waals surface area contributed by atoms with Gasteiger partial charge in [-0.25, -0.2) is 0 Å². The second-order valence-electron chi connectivity index (χ2n) is 13.7. The van der Waals surface area contributed by atoms with E-state index < -0.39 is 0 Å². The second-order valence-corrected chi connectivity index (χ2v) is 13.7. The van der Waals surface area contributed by atoms with Gasteiger partial charge in [0.25, 0.3) is 0 Å². The topological polar surface area (TPSA) is 38.7 Å². The smallest absolute Gasteiger partial charge is 0.0714 e. The summed E-state index contributed by atoms with van der Waals surface area (Å²) >= 11 is 0. The minimum absolute atomic E-state index is 0. The summed E-state index contributed by atoms with van der Waals surface area (Å²) in [5.41, 5.74) is 17.1. The van der Waals surface area contributed by atoms with E-state index in [1.54, 1.807) is 6.20 Å². The first-order chi connectivity index (χ1) is 26.4. The molecule has 4 heteroatoms. The molecule has 3 nitrogen and oxygen atoms in total. The predicted molar refractivity (Wildman–Crippen MR) is 225 cm³/mol. The van der Waals surface area contributed by atoms with Gasteiger partial charge < -0.3 is 9.97 Å². The largest absolute Gasteiger partial charge is 0.305 e. The number of nitrogens with zero attached hydrogens (tertiary/aromatic N) is 3. The van der Waals surface area contributed by atoms with Crippen LogP contribution in [0.5, 0.6) is 0 Å². The molecule has 0 spiro atoms. The zero-order chi connectivity index (χ0) is 37.0. The molecule has 0 aliphatic rings. The molecule has 0 amide bonds. The molecular weight excluding hydrogens is 847 g/mol. The molecule has 3 aromatic heterocycles. The molecule has 0 unspecified atom stereocenters. The normalized spacial score (nSPS) is 10.8. The Morgan fingerprint density at radius 2 is 1.18 bits per heavy atom. The standard InChI is InChI=1S/C40H31N2.C11H8N.Ir/c1-25-19-39(42-24-28(25)4)32-13-8-12-31(20-32)35-22-36(27(3)18-26(35)2)38-23-40-34(14-9-17-41-40)33-16-15-30(21-37(33)38)29-10-6-5-7-11-29;1-2-6-10(7-3-1)11-8-4-5-9-12-11;/h5-12,14-24H,1-4H3;1-6,8-9H;/q2*-1;. The zero-order valence-electron chi connectivity index (χ0n) is 31.3. The third-order valence-corrected chi connectivity index (χ3v) is 10.1. The SMILES string of the molecule is Cc1cnc(-c2[c-]ccc(-c3cc(-c4cc5ncccc5c5ccc(-c6ccccc6)cc45)c(C)cc3C)c2)cc1C.[Ir].[c-]1ccccc1-c1ccccn1. The van der Waals surface area contributed by atoms with Gasteiger partial charge in [-0.05, 0) is 125 Å². The minimum atomic E-state index is 0. The fourth-order valence-electron chi connectivity index (χ4n) is 7.09. The first-order valence-corrected chi connectivity index (χ1v) is 18.3. The third-order valence-electron chi connectivity index (χ3n) is 10.1. The van der Waals surface area contributed by atoms with Crippen LogP contribution < -0.4 is 0 Å². The van der Waals surface area contributed by atoms with Gasteiger partial charge in [0.15, 0.2) is 0 Å². The van der Waals surface area contributed by atoms with Crippen LogP contribution >= 0.6 is 0 Å². The Kier molecular flexibility index (Phi) is 11.2. The number of hydrogen-bond donors (Lipinski definition) is 0. The molecule has 0 N–H and O–H groups in total. The van der Waals surface area contributed by atoms with Crippen molar-refractivity contribution in [3.8, 4) is 55.9 Å². The third kappa shape index (κ3) is 7.93. The number of benzene rings is 6. The Morgan fingerprint density at radius 3 is 1.96 bits per heavy atom. The average molecular weight is 886 g/mol. The number of aromatic nitrogens is 3. The van der Waals surface area contributed by atoms with Gasteiger partial charge in [0.1, 0.15) is 0 Å². The van der Waals surface area contributed by atoms with Crippen LogP contribution in [0.15, 0.2) is 164 Å². The van der Waals surface area contributed by atoms with Crippen LogP contribution in [0.4, 0.5) is 0 Å². The molecule has 9 rings (SSSR count). The van der Waals surface area contributed by atoms with E-state index >= 15 is 0 Å². The van der Waals surface area contributed by atoms with Crippen LogP contribution in [0.3, 0.4) is 0 Å². The van der Waals surface area contributed by atoms with Crippen molar-refractivity contribution in [2.45, 2.75) is 27.7 Å². The summed E-state index contributed by atoms with van der Waals surface area (Å²) in [6.45, 7) is 8.64. The second kappa shape index (κ2) is 16.5. The molecule has 0 bridgehead atoms. The van der Waals surface area contributed by atoms with Gasteiger partial charge in [-0.15, -0.1) is 71.3 Å². The maximum atomic E-state index is 4.77. The number of pyridine rings is 3. The summed E-state index contributed by atoms with van der Waals surface area (Å²) < 4.78 is 0. The molecule has 0 saturated heterocycles. The van der Waals surface area contributed by atoms with Crippen LogP contribution in [-0.2, 0) is 20.1 Å². The van der Waals surface area contributed by atoms with Crippen molar-refractivity contribution in [3.63, 3.8) is 0 Å². The van der Waals surface area contributed by atoms with Gasteiger partial charge in [-0.2, -0.15) is 0 Å². The van der Waals surface area contributed by atoms with Gasteiger partial charge in [0.05, 0.1) is 5.52 Å². The molecule has 0 aliphatic heterocycles. The van der Waals surface area contributed by atoms with E-state index in [4.69, 9.17) is 9.97 Å². The molecule has 3 heterocycles. The fourth-order valence-corrected chi connectivity index (χ4v) is 7.09. The van der Waals surface area contributed by atoms with Crippen LogP contribution in [0.25, 0.3) is 77.6 Å². The maximum absolute atomic E-state index is 4.77. The molecule has 0 aliphatic carbocycles. The Morgan fingerprint density at radius 1 is 0.400 bits per heavy atom. The Hall–Kier alpha value is -6.06. The fraction of sp³-hybridized carbons (Fsp3) is 0.0784. The van der Waals surface area contributed by atoms with Crippen LogP contribution in [0.1, 0.15) is 22.3 Å². The molecule has 0 fully saturated rings. The number of aryl methyl sites for hydroxylation is 4. The summed E-state index contributed by atoms with van der Waals surface area (Å²) in [7, 11) is 0. The molecule has 6 aromatic carbocycles. The Balaban J connectivity index is 0.000000305. The van der Waals surface area contributed by atoms with Crippen molar-refractivity contribution in [3.05, 3.63) is 199 Å². The number of hydrogen-bond acceptors (Lipinski definition) is 3. The first-order valence-electron chi connectivity index (χ1n) is 18.3. The van der Waals surface area contributed by atoms with Crippen molar-refractivity contribution in [2.24, 2.45) is 0 Å². The predicted octanol–water partition coefficient (Wildman–Crippen LogP) is 13.0. The molecule has 269 valence electrons. The quantitative estimate of drug-likeness (QED) is 0.128. The van der Waals surface area contributed by atoms with E-state index in [2.05, 4.69) is 136 Å².